The van der Waals surface area contributed by atoms with Crippen molar-refractivity contribution in [3.63, 3.8) is 0 Å². The number of carbonyl (C=O) groups is 4. The number of phosphoric acid groups is 2. The summed E-state index contributed by atoms with van der Waals surface area (Å²) in [5.74, 6) is 0.879. The molecule has 0 aromatic carbocycles. The van der Waals surface area contributed by atoms with Crippen molar-refractivity contribution in [3.8, 4) is 0 Å². The van der Waals surface area contributed by atoms with Gasteiger partial charge in [0, 0.05) is 25.7 Å². The van der Waals surface area contributed by atoms with Gasteiger partial charge in [-0.1, -0.05) is 331 Å². The lowest BCUT2D eigenvalue weighted by molar-refractivity contribution is -0.161. The normalized spacial score (nSPS) is 14.1. The third-order valence-electron chi connectivity index (χ3n) is 17.6. The first-order valence-corrected chi connectivity index (χ1v) is 42.2. The van der Waals surface area contributed by atoms with E-state index in [1.807, 2.05) is 0 Å². The Bertz CT molecular complexity index is 1870. The number of esters is 4. The van der Waals surface area contributed by atoms with E-state index in [-0.39, 0.29) is 25.7 Å². The number of carbonyl (C=O) groups excluding carboxylic acids is 4. The zero-order valence-electron chi connectivity index (χ0n) is 62.3. The highest BCUT2D eigenvalue weighted by atomic mass is 31.2. The van der Waals surface area contributed by atoms with Gasteiger partial charge < -0.3 is 33.8 Å². The molecular weight excluding hydrogens is 1250 g/mol. The monoisotopic (exact) mass is 1400 g/mol. The number of aliphatic hydroxyl groups excluding tert-OH is 1. The van der Waals surface area contributed by atoms with Gasteiger partial charge in [0.25, 0.3) is 0 Å². The molecule has 3 unspecified atom stereocenters. The van der Waals surface area contributed by atoms with E-state index in [2.05, 4.69) is 55.4 Å². The lowest BCUT2D eigenvalue weighted by atomic mass is 10.0. The maximum Gasteiger partial charge on any atom is 0.472 e. The number of ether oxygens (including phenoxy) is 4. The molecule has 0 saturated carbocycles. The molecule has 0 aromatic rings. The van der Waals surface area contributed by atoms with Crippen molar-refractivity contribution in [2.24, 2.45) is 23.7 Å². The van der Waals surface area contributed by atoms with Crippen LogP contribution in [0.15, 0.2) is 0 Å². The summed E-state index contributed by atoms with van der Waals surface area (Å²) in [4.78, 5) is 72.7. The van der Waals surface area contributed by atoms with Crippen LogP contribution in [0.4, 0.5) is 0 Å². The molecule has 3 N–H and O–H groups in total. The van der Waals surface area contributed by atoms with Crippen LogP contribution in [0.2, 0.25) is 0 Å². The molecule has 0 spiro atoms. The second kappa shape index (κ2) is 65.4. The minimum atomic E-state index is -4.96. The fourth-order valence-corrected chi connectivity index (χ4v) is 13.1. The van der Waals surface area contributed by atoms with Crippen LogP contribution in [0.1, 0.15) is 383 Å². The van der Waals surface area contributed by atoms with Crippen LogP contribution < -0.4 is 0 Å². The van der Waals surface area contributed by atoms with Crippen molar-refractivity contribution in [3.05, 3.63) is 0 Å². The summed E-state index contributed by atoms with van der Waals surface area (Å²) in [6.07, 6.45) is 50.2. The Balaban J connectivity index is 5.17. The molecule has 0 aliphatic carbocycles. The summed E-state index contributed by atoms with van der Waals surface area (Å²) in [5, 5.41) is 10.6. The van der Waals surface area contributed by atoms with Crippen LogP contribution in [-0.2, 0) is 65.4 Å². The quantitative estimate of drug-likeness (QED) is 0.0222. The molecule has 0 saturated heterocycles. The Hall–Kier alpha value is -1.94. The van der Waals surface area contributed by atoms with Gasteiger partial charge in [-0.2, -0.15) is 0 Å². The van der Waals surface area contributed by atoms with E-state index in [1.165, 1.54) is 186 Å². The molecule has 0 rings (SSSR count). The molecule has 0 fully saturated rings. The SMILES string of the molecule is CC(C)CCCCCCCCCCCCCCCCCCCCC(=O)OC[C@H](COP(=O)(O)OCC(O)COP(=O)(O)OC[C@@H](COC(=O)CCCCCCCCCCC(C)C)OC(=O)CCCCCCCCCCC(C)C)OC(=O)CCCCCCCCCCCC(C)C. The van der Waals surface area contributed by atoms with Crippen molar-refractivity contribution < 1.29 is 80.2 Å². The van der Waals surface area contributed by atoms with Crippen LogP contribution >= 0.6 is 15.6 Å². The van der Waals surface area contributed by atoms with Gasteiger partial charge in [0.1, 0.15) is 19.3 Å². The van der Waals surface area contributed by atoms with Crippen molar-refractivity contribution in [2.75, 3.05) is 39.6 Å². The van der Waals surface area contributed by atoms with Crippen LogP contribution in [0.5, 0.6) is 0 Å². The minimum absolute atomic E-state index is 0.104. The first kappa shape index (κ1) is 93.1. The fourth-order valence-electron chi connectivity index (χ4n) is 11.6. The maximum atomic E-state index is 13.1. The zero-order chi connectivity index (χ0) is 70.3. The van der Waals surface area contributed by atoms with E-state index < -0.39 is 97.5 Å². The summed E-state index contributed by atoms with van der Waals surface area (Å²) < 4.78 is 68.5. The van der Waals surface area contributed by atoms with Gasteiger partial charge in [0.15, 0.2) is 12.2 Å². The van der Waals surface area contributed by atoms with Crippen LogP contribution in [0.25, 0.3) is 0 Å². The summed E-state index contributed by atoms with van der Waals surface area (Å²) in [7, 11) is -9.91. The number of unbranched alkanes of at least 4 members (excludes halogenated alkanes) is 39. The van der Waals surface area contributed by atoms with Gasteiger partial charge in [0.2, 0.25) is 0 Å². The zero-order valence-corrected chi connectivity index (χ0v) is 64.1. The van der Waals surface area contributed by atoms with Crippen molar-refractivity contribution in [1.29, 1.82) is 0 Å². The lowest BCUT2D eigenvalue weighted by Crippen LogP contribution is -2.30. The third kappa shape index (κ3) is 70.3. The third-order valence-corrected chi connectivity index (χ3v) is 19.5. The topological polar surface area (TPSA) is 237 Å². The van der Waals surface area contributed by atoms with E-state index in [0.717, 1.165) is 114 Å². The van der Waals surface area contributed by atoms with Crippen LogP contribution in [0.3, 0.4) is 0 Å². The number of rotatable bonds is 73. The Kier molecular flexibility index (Phi) is 64.0. The molecule has 0 aliphatic heterocycles. The smallest absolute Gasteiger partial charge is 0.462 e. The Morgan fingerprint density at radius 1 is 0.263 bits per heavy atom. The van der Waals surface area contributed by atoms with E-state index in [0.29, 0.717) is 25.7 Å². The highest BCUT2D eigenvalue weighted by Crippen LogP contribution is 2.45. The summed E-state index contributed by atoms with van der Waals surface area (Å²) >= 11 is 0. The van der Waals surface area contributed by atoms with Crippen LogP contribution in [-0.4, -0.2) is 96.7 Å². The molecule has 0 radical (unpaired) electrons. The maximum absolute atomic E-state index is 13.1. The molecule has 0 bridgehead atoms. The molecule has 5 atom stereocenters. The second-order valence-electron chi connectivity index (χ2n) is 29.3. The Labute approximate surface area is 581 Å². The minimum Gasteiger partial charge on any atom is -0.462 e. The van der Waals surface area contributed by atoms with Gasteiger partial charge in [-0.25, -0.2) is 9.13 Å². The Morgan fingerprint density at radius 2 is 0.442 bits per heavy atom. The molecule has 0 amide bonds. The highest BCUT2D eigenvalue weighted by Gasteiger charge is 2.30. The number of hydrogen-bond donors (Lipinski definition) is 3. The largest absolute Gasteiger partial charge is 0.472 e. The number of hydrogen-bond acceptors (Lipinski definition) is 15. The van der Waals surface area contributed by atoms with Crippen LogP contribution in [0, 0.1) is 23.7 Å². The van der Waals surface area contributed by atoms with Crippen molar-refractivity contribution in [1.82, 2.24) is 0 Å². The first-order chi connectivity index (χ1) is 45.6. The van der Waals surface area contributed by atoms with E-state index in [1.54, 1.807) is 0 Å². The Morgan fingerprint density at radius 3 is 0.653 bits per heavy atom. The highest BCUT2D eigenvalue weighted by molar-refractivity contribution is 7.47. The van der Waals surface area contributed by atoms with Gasteiger partial charge >= 0.3 is 39.5 Å². The summed E-state index contributed by atoms with van der Waals surface area (Å²) in [6, 6.07) is 0. The van der Waals surface area contributed by atoms with Gasteiger partial charge in [-0.3, -0.25) is 37.3 Å². The van der Waals surface area contributed by atoms with E-state index >= 15 is 0 Å². The van der Waals surface area contributed by atoms with Gasteiger partial charge in [-0.05, 0) is 49.4 Å². The molecule has 95 heavy (non-hydrogen) atoms. The standard InChI is InChI=1S/C76H148O17P2/c1-66(2)52-44-36-28-20-17-15-13-11-9-10-12-14-16-18-22-32-40-48-56-73(78)86-62-71(92-75(80)58-50-42-34-23-19-21-29-37-45-53-67(3)4)64-90-94(82,83)88-60-70(77)61-89-95(84,85)91-65-72(93-76(81)59-51-43-35-27-25-31-39-47-55-69(7)8)63-87-74(79)57-49-41-33-26-24-30-38-46-54-68(5)6/h66-72,77H,9-65H2,1-8H3,(H,82,83)(H,84,85)/t70?,71-,72-/m1/s1. The van der Waals surface area contributed by atoms with Gasteiger partial charge in [-0.15, -0.1) is 0 Å². The number of aliphatic hydroxyl groups is 1. The van der Waals surface area contributed by atoms with Gasteiger partial charge in [0.05, 0.1) is 26.4 Å². The molecule has 0 aromatic heterocycles. The van der Waals surface area contributed by atoms with Crippen molar-refractivity contribution >= 4 is 39.5 Å². The van der Waals surface area contributed by atoms with E-state index in [4.69, 9.17) is 37.0 Å². The molecule has 19 heteroatoms. The molecule has 564 valence electrons. The average molecular weight is 1400 g/mol. The lowest BCUT2D eigenvalue weighted by Gasteiger charge is -2.21. The predicted octanol–water partition coefficient (Wildman–Crippen LogP) is 22.0. The first-order valence-electron chi connectivity index (χ1n) is 39.2. The summed E-state index contributed by atoms with van der Waals surface area (Å²) in [5.41, 5.74) is 0. The number of phosphoric ester groups is 2. The molecular formula is C76H148O17P2. The second-order valence-corrected chi connectivity index (χ2v) is 32.2. The molecule has 0 heterocycles. The molecule has 17 nitrogen and oxygen atoms in total. The predicted molar refractivity (Wildman–Crippen MR) is 386 cm³/mol. The van der Waals surface area contributed by atoms with E-state index in [9.17, 15) is 43.2 Å². The average Bonchev–Trinajstić information content (AvgIpc) is 2.43. The molecule has 0 aliphatic rings. The summed E-state index contributed by atoms with van der Waals surface area (Å²) in [6.45, 7) is 14.1. The fraction of sp³-hybridized carbons (Fsp3) is 0.947. The van der Waals surface area contributed by atoms with Crippen molar-refractivity contribution in [2.45, 2.75) is 401 Å².